The van der Waals surface area contributed by atoms with Crippen LogP contribution in [0.1, 0.15) is 50.7 Å². The van der Waals surface area contributed by atoms with Gasteiger partial charge in [-0.1, -0.05) is 18.7 Å². The van der Waals surface area contributed by atoms with Crippen LogP contribution >= 0.6 is 0 Å². The van der Waals surface area contributed by atoms with Crippen molar-refractivity contribution in [3.05, 3.63) is 42.0 Å². The molecule has 1 atom stereocenters. The summed E-state index contributed by atoms with van der Waals surface area (Å²) in [6.07, 6.45) is 9.42. The van der Waals surface area contributed by atoms with Gasteiger partial charge in [-0.2, -0.15) is 0 Å². The van der Waals surface area contributed by atoms with E-state index in [0.29, 0.717) is 18.8 Å². The minimum absolute atomic E-state index is 0.134. The average molecular weight is 343 g/mol. The summed E-state index contributed by atoms with van der Waals surface area (Å²) in [5.74, 6) is 1.06. The Bertz CT molecular complexity index is 698. The molecule has 0 radical (unpaired) electrons. The molecule has 1 fully saturated rings. The lowest BCUT2D eigenvalue weighted by Gasteiger charge is -2.29. The molecule has 1 N–H and O–H groups in total. The van der Waals surface area contributed by atoms with Crippen molar-refractivity contribution >= 4 is 17.7 Å². The molecule has 1 aliphatic heterocycles. The highest BCUT2D eigenvalue weighted by Gasteiger charge is 2.29. The van der Waals surface area contributed by atoms with Gasteiger partial charge >= 0.3 is 0 Å². The van der Waals surface area contributed by atoms with E-state index in [9.17, 15) is 9.18 Å². The molecule has 0 aromatic heterocycles. The molecule has 1 aliphatic carbocycles. The summed E-state index contributed by atoms with van der Waals surface area (Å²) in [7, 11) is 0. The molecule has 134 valence electrons. The highest BCUT2D eigenvalue weighted by molar-refractivity contribution is 5.99. The number of benzene rings is 1. The van der Waals surface area contributed by atoms with Crippen LogP contribution in [0.3, 0.4) is 0 Å². The van der Waals surface area contributed by atoms with E-state index in [0.717, 1.165) is 41.8 Å². The molecular formula is C21H26FNO2. The molecule has 0 unspecified atom stereocenters. The van der Waals surface area contributed by atoms with Gasteiger partial charge in [0.1, 0.15) is 17.5 Å². The summed E-state index contributed by atoms with van der Waals surface area (Å²) in [5.41, 5.74) is 1.81. The normalized spacial score (nSPS) is 28.4. The Morgan fingerprint density at radius 2 is 2.12 bits per heavy atom. The molecule has 1 aromatic rings. The van der Waals surface area contributed by atoms with Crippen LogP contribution in [0, 0.1) is 5.92 Å². The number of carbonyl (C=O) groups excluding carboxylic acids is 1. The van der Waals surface area contributed by atoms with Crippen molar-refractivity contribution in [2.24, 2.45) is 5.92 Å². The summed E-state index contributed by atoms with van der Waals surface area (Å²) in [5, 5.41) is 2.83. The second kappa shape index (κ2) is 7.03. The molecule has 0 spiro atoms. The number of rotatable bonds is 4. The molecule has 1 amide bonds. The summed E-state index contributed by atoms with van der Waals surface area (Å²) < 4.78 is 19.9. The number of hydrogen-bond acceptors (Lipinski definition) is 2. The minimum atomic E-state index is -1.01. The Labute approximate surface area is 149 Å². The molecule has 4 heteroatoms. The SMILES string of the molecule is C=CC(=O)Nc1cc(/C=C/C2CCC(C)(F)CC2)c2c(c1)C[C@@H](C)O2. The highest BCUT2D eigenvalue weighted by Crippen LogP contribution is 2.38. The quantitative estimate of drug-likeness (QED) is 0.776. The number of fused-ring (bicyclic) bond motifs is 1. The molecule has 1 heterocycles. The van der Waals surface area contributed by atoms with E-state index in [1.54, 1.807) is 6.92 Å². The maximum absolute atomic E-state index is 13.9. The lowest BCUT2D eigenvalue weighted by molar-refractivity contribution is -0.111. The van der Waals surface area contributed by atoms with Crippen LogP contribution in [-0.2, 0) is 11.2 Å². The van der Waals surface area contributed by atoms with Crippen LogP contribution in [0.25, 0.3) is 6.08 Å². The summed E-state index contributed by atoms with van der Waals surface area (Å²) >= 11 is 0. The maximum atomic E-state index is 13.9. The minimum Gasteiger partial charge on any atom is -0.489 e. The largest absolute Gasteiger partial charge is 0.489 e. The Kier molecular flexibility index (Phi) is 4.98. The maximum Gasteiger partial charge on any atom is 0.247 e. The van der Waals surface area contributed by atoms with Gasteiger partial charge in [-0.3, -0.25) is 4.79 Å². The van der Waals surface area contributed by atoms with Gasteiger partial charge in [0.15, 0.2) is 0 Å². The third kappa shape index (κ3) is 4.30. The Hall–Kier alpha value is -2.10. The van der Waals surface area contributed by atoms with E-state index in [2.05, 4.69) is 24.0 Å². The predicted molar refractivity (Wildman–Crippen MR) is 99.6 cm³/mol. The first-order valence-corrected chi connectivity index (χ1v) is 9.00. The van der Waals surface area contributed by atoms with Crippen molar-refractivity contribution in [3.8, 4) is 5.75 Å². The average Bonchev–Trinajstić information content (AvgIpc) is 2.93. The Morgan fingerprint density at radius 3 is 2.80 bits per heavy atom. The van der Waals surface area contributed by atoms with E-state index in [1.165, 1.54) is 6.08 Å². The zero-order valence-corrected chi connectivity index (χ0v) is 15.0. The molecule has 0 saturated heterocycles. The standard InChI is InChI=1S/C21H26FNO2/c1-4-19(24)23-18-12-16(20-17(13-18)11-14(2)25-20)6-5-15-7-9-21(3,22)10-8-15/h4-6,12-15H,1,7-11H2,2-3H3,(H,23,24)/b6-5+/t14-,15?,21?/m1/s1. The van der Waals surface area contributed by atoms with Crippen LogP contribution in [0.4, 0.5) is 10.1 Å². The van der Waals surface area contributed by atoms with E-state index in [4.69, 9.17) is 4.74 Å². The van der Waals surface area contributed by atoms with Crippen molar-refractivity contribution in [1.82, 2.24) is 0 Å². The summed E-state index contributed by atoms with van der Waals surface area (Å²) in [6.45, 7) is 7.23. The van der Waals surface area contributed by atoms with Crippen LogP contribution in [0.5, 0.6) is 5.75 Å². The van der Waals surface area contributed by atoms with Gasteiger partial charge in [-0.25, -0.2) is 4.39 Å². The smallest absolute Gasteiger partial charge is 0.247 e. The Morgan fingerprint density at radius 1 is 1.40 bits per heavy atom. The van der Waals surface area contributed by atoms with Crippen LogP contribution in [-0.4, -0.2) is 17.7 Å². The first kappa shape index (κ1) is 17.7. The molecule has 1 saturated carbocycles. The zero-order valence-electron chi connectivity index (χ0n) is 15.0. The number of ether oxygens (including phenoxy) is 1. The van der Waals surface area contributed by atoms with Crippen LogP contribution < -0.4 is 10.1 Å². The molecule has 3 nitrogen and oxygen atoms in total. The summed E-state index contributed by atoms with van der Waals surface area (Å²) in [6, 6.07) is 3.89. The number of hydrogen-bond donors (Lipinski definition) is 1. The molecular weight excluding hydrogens is 317 g/mol. The zero-order chi connectivity index (χ0) is 18.0. The Balaban J connectivity index is 1.81. The number of anilines is 1. The van der Waals surface area contributed by atoms with E-state index in [-0.39, 0.29) is 12.0 Å². The number of alkyl halides is 1. The lowest BCUT2D eigenvalue weighted by atomic mass is 9.81. The van der Waals surface area contributed by atoms with Crippen LogP contribution in [0.2, 0.25) is 0 Å². The van der Waals surface area contributed by atoms with E-state index >= 15 is 0 Å². The number of carbonyl (C=O) groups is 1. The predicted octanol–water partition coefficient (Wildman–Crippen LogP) is 5.07. The molecule has 25 heavy (non-hydrogen) atoms. The van der Waals surface area contributed by atoms with Gasteiger partial charge in [0.2, 0.25) is 5.91 Å². The number of allylic oxidation sites excluding steroid dienone is 1. The van der Waals surface area contributed by atoms with Crippen molar-refractivity contribution < 1.29 is 13.9 Å². The van der Waals surface area contributed by atoms with Gasteiger partial charge in [0.05, 0.1) is 0 Å². The van der Waals surface area contributed by atoms with E-state index in [1.807, 2.05) is 19.1 Å². The van der Waals surface area contributed by atoms with Gasteiger partial charge in [0, 0.05) is 23.2 Å². The van der Waals surface area contributed by atoms with Gasteiger partial charge in [-0.15, -0.1) is 0 Å². The number of halogens is 1. The summed E-state index contributed by atoms with van der Waals surface area (Å²) in [4.78, 5) is 11.6. The molecule has 3 rings (SSSR count). The third-order valence-electron chi connectivity index (χ3n) is 5.09. The van der Waals surface area contributed by atoms with Crippen molar-refractivity contribution in [1.29, 1.82) is 0 Å². The molecule has 1 aromatic carbocycles. The first-order chi connectivity index (χ1) is 11.9. The van der Waals surface area contributed by atoms with Gasteiger partial charge < -0.3 is 10.1 Å². The number of amides is 1. The van der Waals surface area contributed by atoms with Crippen molar-refractivity contribution in [2.75, 3.05) is 5.32 Å². The highest BCUT2D eigenvalue weighted by atomic mass is 19.1. The number of nitrogens with one attached hydrogen (secondary N) is 1. The van der Waals surface area contributed by atoms with Crippen molar-refractivity contribution in [2.45, 2.75) is 57.7 Å². The molecule has 2 aliphatic rings. The topological polar surface area (TPSA) is 38.3 Å². The second-order valence-electron chi connectivity index (χ2n) is 7.49. The monoisotopic (exact) mass is 343 g/mol. The lowest BCUT2D eigenvalue weighted by Crippen LogP contribution is -2.25. The van der Waals surface area contributed by atoms with E-state index < -0.39 is 5.67 Å². The first-order valence-electron chi connectivity index (χ1n) is 9.00. The molecule has 0 bridgehead atoms. The van der Waals surface area contributed by atoms with Crippen LogP contribution in [0.15, 0.2) is 30.9 Å². The fraction of sp³-hybridized carbons (Fsp3) is 0.476. The second-order valence-corrected chi connectivity index (χ2v) is 7.49. The van der Waals surface area contributed by atoms with Gasteiger partial charge in [0.25, 0.3) is 0 Å². The fourth-order valence-electron chi connectivity index (χ4n) is 3.62. The third-order valence-corrected chi connectivity index (χ3v) is 5.09. The van der Waals surface area contributed by atoms with Crippen molar-refractivity contribution in [3.63, 3.8) is 0 Å². The fourth-order valence-corrected chi connectivity index (χ4v) is 3.62. The van der Waals surface area contributed by atoms with Gasteiger partial charge in [-0.05, 0) is 63.7 Å².